The van der Waals surface area contributed by atoms with E-state index in [1.807, 2.05) is 0 Å². The topological polar surface area (TPSA) is 80.4 Å². The highest BCUT2D eigenvalue weighted by Crippen LogP contribution is 2.30. The van der Waals surface area contributed by atoms with E-state index in [9.17, 15) is 9.59 Å². The van der Waals surface area contributed by atoms with Crippen molar-refractivity contribution < 1.29 is 19.1 Å². The molecule has 0 aliphatic heterocycles. The largest absolute Gasteiger partial charge is 0.462 e. The number of aromatic nitrogens is 1. The van der Waals surface area contributed by atoms with Gasteiger partial charge in [0.15, 0.2) is 0 Å². The van der Waals surface area contributed by atoms with Crippen molar-refractivity contribution in [3.8, 4) is 0 Å². The van der Waals surface area contributed by atoms with Crippen LogP contribution >= 0.6 is 0 Å². The van der Waals surface area contributed by atoms with Crippen LogP contribution in [0.2, 0.25) is 0 Å². The Labute approximate surface area is 111 Å². The Kier molecular flexibility index (Phi) is 4.09. The number of hydrogen-bond acceptors (Lipinski definition) is 4. The van der Waals surface area contributed by atoms with Crippen molar-refractivity contribution in [2.24, 2.45) is 0 Å². The van der Waals surface area contributed by atoms with Crippen molar-refractivity contribution in [3.63, 3.8) is 0 Å². The molecule has 1 aromatic rings. The summed E-state index contributed by atoms with van der Waals surface area (Å²) in [5.41, 5.74) is 2.39. The molecule has 0 atom stereocenters. The third-order valence-corrected chi connectivity index (χ3v) is 3.19. The Hall–Kier alpha value is -1.98. The Morgan fingerprint density at radius 1 is 1.32 bits per heavy atom. The zero-order chi connectivity index (χ0) is 13.8. The summed E-state index contributed by atoms with van der Waals surface area (Å²) >= 11 is 0. The number of methoxy groups -OCH3 is 1. The van der Waals surface area contributed by atoms with Gasteiger partial charge in [-0.15, -0.1) is 0 Å². The van der Waals surface area contributed by atoms with Gasteiger partial charge in [0.2, 0.25) is 0 Å². The van der Waals surface area contributed by atoms with Crippen LogP contribution in [0.1, 0.15) is 41.4 Å². The van der Waals surface area contributed by atoms with Crippen molar-refractivity contribution in [1.29, 1.82) is 0 Å². The highest BCUT2D eigenvalue weighted by molar-refractivity contribution is 6.00. The number of aryl methyl sites for hydroxylation is 1. The zero-order valence-electron chi connectivity index (χ0n) is 11.2. The number of carbonyl (C=O) groups is 2. The summed E-state index contributed by atoms with van der Waals surface area (Å²) in [6.45, 7) is 2.06. The van der Waals surface area contributed by atoms with Crippen molar-refractivity contribution in [2.45, 2.75) is 32.6 Å². The molecule has 1 heterocycles. The number of nitrogens with one attached hydrogen (secondary N) is 2. The second kappa shape index (κ2) is 5.77. The molecule has 6 nitrogen and oxygen atoms in total. The van der Waals surface area contributed by atoms with Gasteiger partial charge in [-0.1, -0.05) is 0 Å². The van der Waals surface area contributed by atoms with Crippen molar-refractivity contribution in [2.75, 3.05) is 19.0 Å². The summed E-state index contributed by atoms with van der Waals surface area (Å²) in [4.78, 5) is 26.4. The molecule has 0 bridgehead atoms. The van der Waals surface area contributed by atoms with Crippen molar-refractivity contribution in [1.82, 2.24) is 4.98 Å². The van der Waals surface area contributed by atoms with E-state index in [-0.39, 0.29) is 0 Å². The number of amides is 1. The second-order valence-electron chi connectivity index (χ2n) is 4.38. The Balaban J connectivity index is 2.37. The first kappa shape index (κ1) is 13.5. The van der Waals surface area contributed by atoms with E-state index >= 15 is 0 Å². The predicted octanol–water partition coefficient (Wildman–Crippen LogP) is 2.25. The first-order chi connectivity index (χ1) is 9.17. The SMILES string of the molecule is CCOC(=O)c1c(NC(=O)OC)[nH]c2c1CCCC2. The van der Waals surface area contributed by atoms with Gasteiger partial charge >= 0.3 is 12.1 Å². The van der Waals surface area contributed by atoms with Crippen molar-refractivity contribution >= 4 is 17.9 Å². The van der Waals surface area contributed by atoms with Gasteiger partial charge in [0.25, 0.3) is 0 Å². The van der Waals surface area contributed by atoms with E-state index in [1.54, 1.807) is 6.92 Å². The third kappa shape index (κ3) is 2.72. The maximum Gasteiger partial charge on any atom is 0.412 e. The van der Waals surface area contributed by atoms with Gasteiger partial charge in [0.05, 0.1) is 13.7 Å². The highest BCUT2D eigenvalue weighted by atomic mass is 16.5. The maximum absolute atomic E-state index is 12.0. The molecule has 0 unspecified atom stereocenters. The summed E-state index contributed by atoms with van der Waals surface area (Å²) in [6.07, 6.45) is 3.21. The molecule has 0 saturated carbocycles. The van der Waals surface area contributed by atoms with Gasteiger partial charge in [0.1, 0.15) is 11.4 Å². The number of aromatic amines is 1. The minimum atomic E-state index is -0.607. The van der Waals surface area contributed by atoms with Crippen LogP contribution in [0.25, 0.3) is 0 Å². The van der Waals surface area contributed by atoms with Crippen LogP contribution in [0.15, 0.2) is 0 Å². The molecule has 1 aliphatic rings. The van der Waals surface area contributed by atoms with Crippen LogP contribution in [0.3, 0.4) is 0 Å². The lowest BCUT2D eigenvalue weighted by Crippen LogP contribution is -2.16. The fourth-order valence-corrected chi connectivity index (χ4v) is 2.36. The molecule has 0 radical (unpaired) electrons. The number of esters is 1. The smallest absolute Gasteiger partial charge is 0.412 e. The molecule has 1 amide bonds. The van der Waals surface area contributed by atoms with Gasteiger partial charge < -0.3 is 14.5 Å². The minimum Gasteiger partial charge on any atom is -0.462 e. The van der Waals surface area contributed by atoms with Gasteiger partial charge in [-0.05, 0) is 38.2 Å². The number of H-pyrrole nitrogens is 1. The van der Waals surface area contributed by atoms with Crippen LogP contribution < -0.4 is 5.32 Å². The maximum atomic E-state index is 12.0. The van der Waals surface area contributed by atoms with E-state index < -0.39 is 12.1 Å². The van der Waals surface area contributed by atoms with Crippen LogP contribution in [-0.2, 0) is 22.3 Å². The number of anilines is 1. The van der Waals surface area contributed by atoms with Crippen molar-refractivity contribution in [3.05, 3.63) is 16.8 Å². The second-order valence-corrected chi connectivity index (χ2v) is 4.38. The van der Waals surface area contributed by atoms with Crippen LogP contribution in [0, 0.1) is 0 Å². The summed E-state index contributed by atoms with van der Waals surface area (Å²) in [5, 5.41) is 2.54. The predicted molar refractivity (Wildman–Crippen MR) is 69.4 cm³/mol. The summed E-state index contributed by atoms with van der Waals surface area (Å²) in [5.74, 6) is -0.0366. The number of carbonyl (C=O) groups excluding carboxylic acids is 2. The van der Waals surface area contributed by atoms with E-state index in [2.05, 4.69) is 15.0 Å². The van der Waals surface area contributed by atoms with Crippen LogP contribution in [0.5, 0.6) is 0 Å². The Morgan fingerprint density at radius 2 is 2.05 bits per heavy atom. The fourth-order valence-electron chi connectivity index (χ4n) is 2.36. The van der Waals surface area contributed by atoms with Gasteiger partial charge in [-0.3, -0.25) is 5.32 Å². The average molecular weight is 266 g/mol. The molecular formula is C13H18N2O4. The lowest BCUT2D eigenvalue weighted by atomic mass is 9.95. The number of ether oxygens (including phenoxy) is 2. The molecule has 1 aliphatic carbocycles. The molecule has 19 heavy (non-hydrogen) atoms. The number of rotatable bonds is 3. The molecule has 2 N–H and O–H groups in total. The summed E-state index contributed by atoms with van der Waals surface area (Å²) in [6, 6.07) is 0. The van der Waals surface area contributed by atoms with E-state index in [4.69, 9.17) is 4.74 Å². The quantitative estimate of drug-likeness (QED) is 0.822. The lowest BCUT2D eigenvalue weighted by molar-refractivity contribution is 0.0526. The van der Waals surface area contributed by atoms with Crippen LogP contribution in [0.4, 0.5) is 10.6 Å². The molecule has 0 fully saturated rings. The van der Waals surface area contributed by atoms with E-state index in [0.29, 0.717) is 18.0 Å². The third-order valence-electron chi connectivity index (χ3n) is 3.19. The molecular weight excluding hydrogens is 248 g/mol. The summed E-state index contributed by atoms with van der Waals surface area (Å²) < 4.78 is 9.62. The number of hydrogen-bond donors (Lipinski definition) is 2. The van der Waals surface area contributed by atoms with Gasteiger partial charge in [-0.2, -0.15) is 0 Å². The molecule has 1 aromatic heterocycles. The fraction of sp³-hybridized carbons (Fsp3) is 0.538. The Bertz CT molecular complexity index is 493. The first-order valence-electron chi connectivity index (χ1n) is 6.43. The Morgan fingerprint density at radius 3 is 2.74 bits per heavy atom. The normalized spacial score (nSPS) is 13.6. The summed E-state index contributed by atoms with van der Waals surface area (Å²) in [7, 11) is 1.28. The lowest BCUT2D eigenvalue weighted by Gasteiger charge is -2.12. The highest BCUT2D eigenvalue weighted by Gasteiger charge is 2.26. The van der Waals surface area contributed by atoms with E-state index in [1.165, 1.54) is 7.11 Å². The molecule has 2 rings (SSSR count). The first-order valence-corrected chi connectivity index (χ1v) is 6.43. The number of fused-ring (bicyclic) bond motifs is 1. The molecule has 104 valence electrons. The monoisotopic (exact) mass is 266 g/mol. The molecule has 0 spiro atoms. The minimum absolute atomic E-state index is 0.302. The molecule has 0 aromatic carbocycles. The molecule has 6 heteroatoms. The average Bonchev–Trinajstić information content (AvgIpc) is 2.76. The van der Waals surface area contributed by atoms with Gasteiger partial charge in [0, 0.05) is 5.69 Å². The van der Waals surface area contributed by atoms with E-state index in [0.717, 1.165) is 36.9 Å². The standard InChI is InChI=1S/C13H18N2O4/c1-3-19-12(16)10-8-6-4-5-7-9(8)14-11(10)15-13(17)18-2/h14H,3-7H2,1-2H3,(H,15,17). The zero-order valence-corrected chi connectivity index (χ0v) is 11.2. The van der Waals surface area contributed by atoms with Gasteiger partial charge in [-0.25, -0.2) is 9.59 Å². The molecule has 0 saturated heterocycles. The van der Waals surface area contributed by atoms with Crippen LogP contribution in [-0.4, -0.2) is 30.8 Å².